The fraction of sp³-hybridized carbons (Fsp3) is 0.417. The zero-order valence-electron chi connectivity index (χ0n) is 8.79. The van der Waals surface area contributed by atoms with E-state index in [9.17, 15) is 0 Å². The van der Waals surface area contributed by atoms with Crippen LogP contribution in [-0.4, -0.2) is 18.2 Å². The van der Waals surface area contributed by atoms with Crippen LogP contribution >= 0.6 is 0 Å². The summed E-state index contributed by atoms with van der Waals surface area (Å²) in [5.41, 5.74) is 9.49. The Kier molecular flexibility index (Phi) is 1.61. The van der Waals surface area contributed by atoms with Gasteiger partial charge in [-0.15, -0.1) is 0 Å². The van der Waals surface area contributed by atoms with Gasteiger partial charge in [0.25, 0.3) is 6.02 Å². The smallest absolute Gasteiger partial charge is 0.282 e. The van der Waals surface area contributed by atoms with E-state index in [1.165, 1.54) is 16.7 Å². The van der Waals surface area contributed by atoms with Crippen LogP contribution in [0.3, 0.4) is 0 Å². The fourth-order valence-electron chi connectivity index (χ4n) is 2.54. The minimum Gasteiger partial charge on any atom is -0.456 e. The standard InChI is InChI=1S/C12H14N2O/c1-8-2-3-9-5-12(6-10(9)4-8)7-14-11(13)15-12/h2-4H,5-7H2,1H3,(H2,13,14). The van der Waals surface area contributed by atoms with Gasteiger partial charge in [0.2, 0.25) is 0 Å². The maximum Gasteiger partial charge on any atom is 0.282 e. The van der Waals surface area contributed by atoms with E-state index in [0.717, 1.165) is 12.8 Å². The average molecular weight is 202 g/mol. The summed E-state index contributed by atoms with van der Waals surface area (Å²) in [6.07, 6.45) is 1.88. The van der Waals surface area contributed by atoms with Crippen LogP contribution < -0.4 is 5.73 Å². The van der Waals surface area contributed by atoms with E-state index in [2.05, 4.69) is 30.1 Å². The van der Waals surface area contributed by atoms with Crippen LogP contribution in [0, 0.1) is 6.92 Å². The van der Waals surface area contributed by atoms with Crippen molar-refractivity contribution in [3.63, 3.8) is 0 Å². The topological polar surface area (TPSA) is 47.6 Å². The van der Waals surface area contributed by atoms with E-state index in [1.807, 2.05) is 0 Å². The summed E-state index contributed by atoms with van der Waals surface area (Å²) in [6.45, 7) is 2.82. The van der Waals surface area contributed by atoms with Gasteiger partial charge < -0.3 is 10.5 Å². The average Bonchev–Trinajstić information content (AvgIpc) is 2.69. The van der Waals surface area contributed by atoms with Crippen molar-refractivity contribution in [3.05, 3.63) is 34.9 Å². The second-order valence-electron chi connectivity index (χ2n) is 4.57. The number of amidine groups is 1. The SMILES string of the molecule is Cc1ccc2c(c1)CC1(CN=C(N)O1)C2. The number of nitrogens with two attached hydrogens (primary N) is 1. The molecule has 3 rings (SSSR count). The van der Waals surface area contributed by atoms with Gasteiger partial charge in [-0.05, 0) is 18.1 Å². The highest BCUT2D eigenvalue weighted by molar-refractivity contribution is 5.74. The third kappa shape index (κ3) is 1.30. The van der Waals surface area contributed by atoms with E-state index in [4.69, 9.17) is 10.5 Å². The molecule has 1 aromatic rings. The number of hydrogen-bond donors (Lipinski definition) is 1. The zero-order chi connectivity index (χ0) is 10.5. The lowest BCUT2D eigenvalue weighted by atomic mass is 10.0. The molecule has 1 aromatic carbocycles. The molecule has 0 bridgehead atoms. The highest BCUT2D eigenvalue weighted by Gasteiger charge is 2.42. The summed E-state index contributed by atoms with van der Waals surface area (Å²) < 4.78 is 5.66. The Morgan fingerprint density at radius 2 is 2.13 bits per heavy atom. The van der Waals surface area contributed by atoms with E-state index >= 15 is 0 Å². The molecule has 78 valence electrons. The van der Waals surface area contributed by atoms with E-state index < -0.39 is 0 Å². The highest BCUT2D eigenvalue weighted by Crippen LogP contribution is 2.35. The van der Waals surface area contributed by atoms with Gasteiger partial charge in [0.1, 0.15) is 5.60 Å². The lowest BCUT2D eigenvalue weighted by molar-refractivity contribution is 0.0976. The summed E-state index contributed by atoms with van der Waals surface area (Å²) >= 11 is 0. The third-order valence-corrected chi connectivity index (χ3v) is 3.23. The van der Waals surface area contributed by atoms with Crippen LogP contribution in [-0.2, 0) is 17.6 Å². The van der Waals surface area contributed by atoms with Crippen LogP contribution in [0.15, 0.2) is 23.2 Å². The van der Waals surface area contributed by atoms with Gasteiger partial charge in [0, 0.05) is 12.8 Å². The van der Waals surface area contributed by atoms with Crippen molar-refractivity contribution in [2.75, 3.05) is 6.54 Å². The van der Waals surface area contributed by atoms with E-state index in [0.29, 0.717) is 12.6 Å². The Labute approximate surface area is 89.0 Å². The number of aryl methyl sites for hydroxylation is 1. The Hall–Kier alpha value is -1.51. The molecular formula is C12H14N2O. The summed E-state index contributed by atoms with van der Waals surface area (Å²) in [7, 11) is 0. The van der Waals surface area contributed by atoms with Crippen molar-refractivity contribution in [3.8, 4) is 0 Å². The molecule has 0 saturated carbocycles. The lowest BCUT2D eigenvalue weighted by Crippen LogP contribution is -2.35. The molecule has 0 amide bonds. The molecule has 1 atom stereocenters. The molecule has 3 heteroatoms. The molecule has 2 N–H and O–H groups in total. The second kappa shape index (κ2) is 2.75. The van der Waals surface area contributed by atoms with Crippen LogP contribution in [0.5, 0.6) is 0 Å². The molecule has 1 heterocycles. The predicted molar refractivity (Wildman–Crippen MR) is 58.9 cm³/mol. The maximum absolute atomic E-state index is 5.66. The van der Waals surface area contributed by atoms with Gasteiger partial charge >= 0.3 is 0 Å². The molecular weight excluding hydrogens is 188 g/mol. The zero-order valence-corrected chi connectivity index (χ0v) is 8.79. The molecule has 0 aromatic heterocycles. The molecule has 2 aliphatic rings. The fourth-order valence-corrected chi connectivity index (χ4v) is 2.54. The van der Waals surface area contributed by atoms with Crippen LogP contribution in [0.4, 0.5) is 0 Å². The monoisotopic (exact) mass is 202 g/mol. The largest absolute Gasteiger partial charge is 0.456 e. The molecule has 0 radical (unpaired) electrons. The van der Waals surface area contributed by atoms with Crippen molar-refractivity contribution in [2.24, 2.45) is 10.7 Å². The predicted octanol–water partition coefficient (Wildman–Crippen LogP) is 1.18. The maximum atomic E-state index is 5.66. The molecule has 15 heavy (non-hydrogen) atoms. The number of rotatable bonds is 0. The summed E-state index contributed by atoms with van der Waals surface area (Å²) in [4.78, 5) is 4.15. The Morgan fingerprint density at radius 3 is 2.87 bits per heavy atom. The van der Waals surface area contributed by atoms with Gasteiger partial charge in [-0.3, -0.25) is 0 Å². The molecule has 1 unspecified atom stereocenters. The highest BCUT2D eigenvalue weighted by atomic mass is 16.5. The summed E-state index contributed by atoms with van der Waals surface area (Å²) in [5, 5.41) is 0. The van der Waals surface area contributed by atoms with Crippen molar-refractivity contribution >= 4 is 6.02 Å². The summed E-state index contributed by atoms with van der Waals surface area (Å²) in [5.74, 6) is 0. The first-order valence-corrected chi connectivity index (χ1v) is 5.24. The van der Waals surface area contributed by atoms with Gasteiger partial charge in [0.05, 0.1) is 6.54 Å². The third-order valence-electron chi connectivity index (χ3n) is 3.23. The normalized spacial score (nSPS) is 27.7. The number of aliphatic imine (C=N–C) groups is 1. The van der Waals surface area contributed by atoms with Gasteiger partial charge in [-0.25, -0.2) is 4.99 Å². The second-order valence-corrected chi connectivity index (χ2v) is 4.57. The van der Waals surface area contributed by atoms with Gasteiger partial charge in [-0.2, -0.15) is 0 Å². The number of ether oxygens (including phenoxy) is 1. The van der Waals surface area contributed by atoms with Crippen molar-refractivity contribution in [1.29, 1.82) is 0 Å². The van der Waals surface area contributed by atoms with E-state index in [1.54, 1.807) is 0 Å². The van der Waals surface area contributed by atoms with Gasteiger partial charge in [-0.1, -0.05) is 23.8 Å². The Balaban J connectivity index is 1.93. The molecule has 1 aliphatic heterocycles. The number of nitrogens with zero attached hydrogens (tertiary/aromatic N) is 1. The van der Waals surface area contributed by atoms with Crippen molar-refractivity contribution in [2.45, 2.75) is 25.4 Å². The number of fused-ring (bicyclic) bond motifs is 1. The first-order valence-electron chi connectivity index (χ1n) is 5.24. The first kappa shape index (κ1) is 8.77. The molecule has 1 spiro atoms. The van der Waals surface area contributed by atoms with Crippen LogP contribution in [0.2, 0.25) is 0 Å². The number of benzene rings is 1. The molecule has 0 saturated heterocycles. The van der Waals surface area contributed by atoms with Crippen LogP contribution in [0.1, 0.15) is 16.7 Å². The quantitative estimate of drug-likeness (QED) is 0.686. The Morgan fingerprint density at radius 1 is 1.33 bits per heavy atom. The van der Waals surface area contributed by atoms with Crippen molar-refractivity contribution < 1.29 is 4.74 Å². The molecule has 1 aliphatic carbocycles. The molecule has 3 nitrogen and oxygen atoms in total. The van der Waals surface area contributed by atoms with Gasteiger partial charge in [0.15, 0.2) is 0 Å². The van der Waals surface area contributed by atoms with E-state index in [-0.39, 0.29) is 5.60 Å². The summed E-state index contributed by atoms with van der Waals surface area (Å²) in [6, 6.07) is 6.93. The lowest BCUT2D eigenvalue weighted by Gasteiger charge is -2.21. The van der Waals surface area contributed by atoms with Crippen LogP contribution in [0.25, 0.3) is 0 Å². The Bertz CT molecular complexity index is 453. The minimum absolute atomic E-state index is 0.166. The molecule has 0 fully saturated rings. The van der Waals surface area contributed by atoms with Crippen molar-refractivity contribution in [1.82, 2.24) is 0 Å². The minimum atomic E-state index is -0.166. The first-order chi connectivity index (χ1) is 7.17. The number of hydrogen-bond acceptors (Lipinski definition) is 3.